The van der Waals surface area contributed by atoms with Crippen molar-refractivity contribution in [1.29, 1.82) is 0 Å². The summed E-state index contributed by atoms with van der Waals surface area (Å²) in [5.74, 6) is 0. The van der Waals surface area contributed by atoms with E-state index in [0.29, 0.717) is 0 Å². The molecule has 0 saturated carbocycles. The zero-order valence-electron chi connectivity index (χ0n) is 4.80. The molecule has 0 aromatic rings. The Balaban J connectivity index is -0.000000107. The van der Waals surface area contributed by atoms with Crippen LogP contribution in [0.25, 0.3) is 0 Å². The molecule has 0 rings (SSSR count). The van der Waals surface area contributed by atoms with Crippen molar-refractivity contribution in [2.24, 2.45) is 0 Å². The summed E-state index contributed by atoms with van der Waals surface area (Å²) in [7, 11) is 0. The summed E-state index contributed by atoms with van der Waals surface area (Å²) in [5.41, 5.74) is 0. The minimum atomic E-state index is -3.81. The van der Waals surface area contributed by atoms with Gasteiger partial charge >= 0.3 is 13.4 Å². The first kappa shape index (κ1) is 18.6. The molecule has 0 aromatic heterocycles. The summed E-state index contributed by atoms with van der Waals surface area (Å²) in [5, 5.41) is 0. The molecule has 6 nitrogen and oxygen atoms in total. The summed E-state index contributed by atoms with van der Waals surface area (Å²) in [6, 6.07) is 0. The van der Waals surface area contributed by atoms with Crippen LogP contribution < -0.4 is 0 Å². The Hall–Kier alpha value is 1.85. The quantitative estimate of drug-likeness (QED) is 0.218. The molecule has 0 aliphatic heterocycles. The second kappa shape index (κ2) is 7.27. The van der Waals surface area contributed by atoms with Gasteiger partial charge in [-0.3, -0.25) is 0 Å². The molecule has 0 amide bonds. The average molecular weight is 356 g/mol. The number of rotatable bonds is 0. The van der Waals surface area contributed by atoms with Gasteiger partial charge in [0.15, 0.2) is 0 Å². The molecule has 0 atom stereocenters. The normalized spacial score (nSPS) is 10.7. The van der Waals surface area contributed by atoms with Gasteiger partial charge in [0.05, 0.1) is 0 Å². The van der Waals surface area contributed by atoms with Gasteiger partial charge in [0, 0.05) is 23.7 Å². The van der Waals surface area contributed by atoms with Crippen LogP contribution in [0.2, 0.25) is 0 Å². The fourth-order valence-corrected chi connectivity index (χ4v) is 0. The predicted molar refractivity (Wildman–Crippen MR) is 47.6 cm³/mol. The van der Waals surface area contributed by atoms with E-state index in [4.69, 9.17) is 29.4 Å². The first-order chi connectivity index (χ1) is 4.00. The zero-order valence-corrected chi connectivity index (χ0v) is 10.6. The van der Waals surface area contributed by atoms with Gasteiger partial charge in [0.25, 0.3) is 0 Å². The van der Waals surface area contributed by atoms with E-state index in [-0.39, 0.29) is 23.7 Å². The standard InChI is InChI=1S/2H3O3PS.Te/c2*1-4(2,3)5;/h2*(H3,1,2,3,5);. The van der Waals surface area contributed by atoms with E-state index >= 15 is 0 Å². The van der Waals surface area contributed by atoms with Crippen LogP contribution in [0, 0.1) is 0 Å². The van der Waals surface area contributed by atoms with Gasteiger partial charge in [-0.15, -0.1) is 0 Å². The molecule has 2 radical (unpaired) electrons. The molecule has 6 N–H and O–H groups in total. The van der Waals surface area contributed by atoms with Crippen molar-refractivity contribution in [1.82, 2.24) is 0 Å². The molecule has 0 saturated heterocycles. The van der Waals surface area contributed by atoms with Crippen molar-refractivity contribution >= 4 is 60.7 Å². The van der Waals surface area contributed by atoms with Gasteiger partial charge < -0.3 is 29.4 Å². The molecule has 0 bridgehead atoms. The molecule has 0 heterocycles. The Kier molecular flexibility index (Phi) is 12.3. The van der Waals surface area contributed by atoms with Crippen molar-refractivity contribution in [2.75, 3.05) is 0 Å². The summed E-state index contributed by atoms with van der Waals surface area (Å²) in [6.07, 6.45) is 0. The molecule has 0 spiro atoms. The fraction of sp³-hybridized carbons (Fsp3) is 0. The van der Waals surface area contributed by atoms with E-state index in [1.165, 1.54) is 0 Å². The molecule has 0 unspecified atom stereocenters. The van der Waals surface area contributed by atoms with E-state index in [1.54, 1.807) is 0 Å². The van der Waals surface area contributed by atoms with Crippen LogP contribution in [0.4, 0.5) is 0 Å². The number of hydrogen-bond donors (Lipinski definition) is 6. The van der Waals surface area contributed by atoms with Gasteiger partial charge in [-0.2, -0.15) is 0 Å². The molecule has 11 heavy (non-hydrogen) atoms. The predicted octanol–water partition coefficient (Wildman–Crippen LogP) is -2.01. The summed E-state index contributed by atoms with van der Waals surface area (Å²) < 4.78 is 0. The van der Waals surface area contributed by atoms with Gasteiger partial charge in [0.1, 0.15) is 0 Å². The minimum Gasteiger partial charge on any atom is -0.325 e. The second-order valence-electron chi connectivity index (χ2n) is 1.03. The van der Waals surface area contributed by atoms with Crippen molar-refractivity contribution in [3.63, 3.8) is 0 Å². The monoisotopic (exact) mass is 358 g/mol. The van der Waals surface area contributed by atoms with Gasteiger partial charge in [-0.05, 0) is 23.6 Å². The molecule has 0 fully saturated rings. The first-order valence-electron chi connectivity index (χ1n) is 1.57. The topological polar surface area (TPSA) is 121 Å². The van der Waals surface area contributed by atoms with Gasteiger partial charge in [-0.25, -0.2) is 0 Å². The zero-order chi connectivity index (χ0) is 9.00. The van der Waals surface area contributed by atoms with Crippen LogP contribution in [0.5, 0.6) is 0 Å². The van der Waals surface area contributed by atoms with E-state index in [2.05, 4.69) is 23.6 Å². The van der Waals surface area contributed by atoms with E-state index < -0.39 is 13.4 Å². The molecular formula is H6O6P2S2Te. The summed E-state index contributed by atoms with van der Waals surface area (Å²) in [6.45, 7) is -7.61. The van der Waals surface area contributed by atoms with Crippen molar-refractivity contribution in [3.05, 3.63) is 0 Å². The maximum absolute atomic E-state index is 7.56. The Morgan fingerprint density at radius 2 is 0.636 bits per heavy atom. The van der Waals surface area contributed by atoms with Crippen molar-refractivity contribution < 1.29 is 29.4 Å². The van der Waals surface area contributed by atoms with Crippen LogP contribution in [0.15, 0.2) is 0 Å². The van der Waals surface area contributed by atoms with Crippen LogP contribution in [-0.4, -0.2) is 53.0 Å². The Labute approximate surface area is 89.8 Å². The SMILES string of the molecule is OP(O)(O)=S.OP(O)(O)=S.[Te]. The second-order valence-corrected chi connectivity index (χ2v) is 6.02. The maximum atomic E-state index is 7.56. The van der Waals surface area contributed by atoms with E-state index in [9.17, 15) is 0 Å². The third kappa shape index (κ3) is 336. The third-order valence-electron chi connectivity index (χ3n) is 0. The minimum absolute atomic E-state index is 0. The van der Waals surface area contributed by atoms with Gasteiger partial charge in [-0.1, -0.05) is 0 Å². The summed E-state index contributed by atoms with van der Waals surface area (Å²) in [4.78, 5) is 45.3. The van der Waals surface area contributed by atoms with Crippen molar-refractivity contribution in [2.45, 2.75) is 0 Å². The Bertz CT molecular complexity index is 131. The largest absolute Gasteiger partial charge is 0.325 e. The van der Waals surface area contributed by atoms with Crippen LogP contribution in [0.3, 0.4) is 0 Å². The van der Waals surface area contributed by atoms with Crippen LogP contribution in [-0.2, 0) is 23.6 Å². The summed E-state index contributed by atoms with van der Waals surface area (Å²) >= 11 is 7.21. The van der Waals surface area contributed by atoms with Gasteiger partial charge in [0.2, 0.25) is 0 Å². The van der Waals surface area contributed by atoms with Crippen molar-refractivity contribution in [3.8, 4) is 0 Å². The average Bonchev–Trinajstić information content (AvgIpc) is 1.12. The molecule has 0 aliphatic rings. The Morgan fingerprint density at radius 3 is 0.636 bits per heavy atom. The Morgan fingerprint density at radius 1 is 0.636 bits per heavy atom. The molecule has 0 aromatic carbocycles. The first-order valence-corrected chi connectivity index (χ1v) is 6.89. The third-order valence-corrected chi connectivity index (χ3v) is 0. The molecule has 11 heteroatoms. The molecular weight excluding hydrogens is 350 g/mol. The van der Waals surface area contributed by atoms with Crippen LogP contribution >= 0.6 is 13.4 Å². The molecule has 0 aliphatic carbocycles. The smallest absolute Gasteiger partial charge is 0.319 e. The fourth-order valence-electron chi connectivity index (χ4n) is 0. The molecule has 70 valence electrons. The van der Waals surface area contributed by atoms with Crippen LogP contribution in [0.1, 0.15) is 0 Å². The van der Waals surface area contributed by atoms with E-state index in [0.717, 1.165) is 0 Å². The maximum Gasteiger partial charge on any atom is 0.319 e. The van der Waals surface area contributed by atoms with E-state index in [1.807, 2.05) is 0 Å². The number of hydrogen-bond acceptors (Lipinski definition) is 2.